The van der Waals surface area contributed by atoms with E-state index in [4.69, 9.17) is 4.74 Å². The molecule has 8 nitrogen and oxygen atoms in total. The molecule has 2 aromatic rings. The minimum Gasteiger partial charge on any atom is -0.458 e. The van der Waals surface area contributed by atoms with E-state index in [1.807, 2.05) is 0 Å². The van der Waals surface area contributed by atoms with Gasteiger partial charge < -0.3 is 19.7 Å². The average molecular weight is 392 g/mol. The molecular weight excluding hydrogens is 376 g/mol. The summed E-state index contributed by atoms with van der Waals surface area (Å²) < 4.78 is 6.28. The zero-order chi connectivity index (χ0) is 20.5. The molecule has 4 heterocycles. The molecule has 8 heteroatoms. The average Bonchev–Trinajstić information content (AvgIpc) is 3.21. The number of carbonyl (C=O) groups is 3. The molecule has 146 valence electrons. The van der Waals surface area contributed by atoms with Crippen molar-refractivity contribution in [2.75, 3.05) is 5.32 Å². The Labute approximate surface area is 164 Å². The molecule has 5 rings (SSSR count). The van der Waals surface area contributed by atoms with Gasteiger partial charge in [-0.2, -0.15) is 0 Å². The summed E-state index contributed by atoms with van der Waals surface area (Å²) in [7, 11) is 0. The number of anilines is 1. The lowest BCUT2D eigenvalue weighted by atomic mass is 9.86. The predicted molar refractivity (Wildman–Crippen MR) is 101 cm³/mol. The van der Waals surface area contributed by atoms with Gasteiger partial charge in [0.25, 0.3) is 11.5 Å². The van der Waals surface area contributed by atoms with Gasteiger partial charge >= 0.3 is 5.97 Å². The van der Waals surface area contributed by atoms with Gasteiger partial charge in [0.15, 0.2) is 5.60 Å². The molecule has 0 fully saturated rings. The molecule has 0 spiro atoms. The van der Waals surface area contributed by atoms with Crippen LogP contribution in [0.5, 0.6) is 0 Å². The number of benzene rings is 1. The van der Waals surface area contributed by atoms with Gasteiger partial charge in [-0.25, -0.2) is 4.79 Å². The molecule has 3 aliphatic rings. The second-order valence-corrected chi connectivity index (χ2v) is 7.29. The summed E-state index contributed by atoms with van der Waals surface area (Å²) in [6.45, 7) is 1.27. The first-order valence-electron chi connectivity index (χ1n) is 9.22. The van der Waals surface area contributed by atoms with E-state index in [0.717, 1.165) is 0 Å². The minimum absolute atomic E-state index is 0.000352. The van der Waals surface area contributed by atoms with Gasteiger partial charge in [0.2, 0.25) is 5.78 Å². The monoisotopic (exact) mass is 392 g/mol. The Hall–Kier alpha value is -3.52. The lowest BCUT2D eigenvalue weighted by Crippen LogP contribution is -2.44. The van der Waals surface area contributed by atoms with Crippen molar-refractivity contribution in [1.29, 1.82) is 0 Å². The third kappa shape index (κ3) is 2.17. The predicted octanol–water partition coefficient (Wildman–Crippen LogP) is 1.10. The standard InChI is InChI=1S/C21H16N2O6/c1-2-21(28)13-7-15-17(24)11(8-23(15)19(26)12(13)9-29-20(21)27)16-10-5-3-4-6-14(10)22-18(16)25/h3-7,28H,2,8-9H2,1H3,(H,22,25)/b16-11-/t21-/m0/s1. The molecular formula is C21H16N2O6. The van der Waals surface area contributed by atoms with E-state index >= 15 is 0 Å². The van der Waals surface area contributed by atoms with Gasteiger partial charge in [-0.15, -0.1) is 0 Å². The van der Waals surface area contributed by atoms with Crippen molar-refractivity contribution in [2.24, 2.45) is 0 Å². The minimum atomic E-state index is -1.98. The number of amides is 1. The molecule has 1 amide bonds. The summed E-state index contributed by atoms with van der Waals surface area (Å²) in [5.74, 6) is -1.71. The lowest BCUT2D eigenvalue weighted by molar-refractivity contribution is -0.172. The van der Waals surface area contributed by atoms with E-state index in [9.17, 15) is 24.3 Å². The summed E-state index contributed by atoms with van der Waals surface area (Å²) in [6.07, 6.45) is -0.000352. The van der Waals surface area contributed by atoms with E-state index < -0.39 is 28.8 Å². The Balaban J connectivity index is 1.73. The Morgan fingerprint density at radius 3 is 2.72 bits per heavy atom. The maximum atomic E-state index is 13.2. The van der Waals surface area contributed by atoms with Crippen LogP contribution in [0, 0.1) is 0 Å². The maximum absolute atomic E-state index is 13.2. The quantitative estimate of drug-likeness (QED) is 0.555. The van der Waals surface area contributed by atoms with Crippen molar-refractivity contribution < 1.29 is 24.2 Å². The highest BCUT2D eigenvalue weighted by Crippen LogP contribution is 2.39. The number of fused-ring (bicyclic) bond motifs is 3. The van der Waals surface area contributed by atoms with Gasteiger partial charge in [-0.3, -0.25) is 14.4 Å². The molecule has 1 atom stereocenters. The number of carbonyl (C=O) groups excluding carboxylic acids is 3. The zero-order valence-electron chi connectivity index (χ0n) is 15.4. The van der Waals surface area contributed by atoms with Gasteiger partial charge in [0.1, 0.15) is 6.61 Å². The van der Waals surface area contributed by atoms with Crippen LogP contribution in [0.25, 0.3) is 5.57 Å². The molecule has 1 aromatic carbocycles. The molecule has 29 heavy (non-hydrogen) atoms. The number of aromatic nitrogens is 1. The van der Waals surface area contributed by atoms with Gasteiger partial charge in [-0.05, 0) is 18.6 Å². The number of pyridine rings is 1. The second kappa shape index (κ2) is 5.74. The topological polar surface area (TPSA) is 115 Å². The van der Waals surface area contributed by atoms with E-state index in [2.05, 4.69) is 5.32 Å². The van der Waals surface area contributed by atoms with Crippen LogP contribution in [0.2, 0.25) is 0 Å². The number of aliphatic hydroxyl groups is 1. The number of para-hydroxylation sites is 1. The number of nitrogens with one attached hydrogen (secondary N) is 1. The number of hydrogen-bond acceptors (Lipinski definition) is 6. The summed E-state index contributed by atoms with van der Waals surface area (Å²) in [5.41, 5.74) is -0.525. The van der Waals surface area contributed by atoms with Crippen LogP contribution in [0.15, 0.2) is 40.7 Å². The van der Waals surface area contributed by atoms with Crippen LogP contribution < -0.4 is 10.9 Å². The number of rotatable bonds is 1. The third-order valence-electron chi connectivity index (χ3n) is 5.84. The van der Waals surface area contributed by atoms with Gasteiger partial charge in [0.05, 0.1) is 23.4 Å². The van der Waals surface area contributed by atoms with Crippen LogP contribution in [-0.4, -0.2) is 27.3 Å². The highest BCUT2D eigenvalue weighted by molar-refractivity contribution is 6.37. The molecule has 3 aliphatic heterocycles. The van der Waals surface area contributed by atoms with Crippen molar-refractivity contribution in [3.8, 4) is 0 Å². The van der Waals surface area contributed by atoms with E-state index in [1.165, 1.54) is 10.6 Å². The number of ketones is 1. The first-order chi connectivity index (χ1) is 13.9. The van der Waals surface area contributed by atoms with Crippen LogP contribution in [0.1, 0.15) is 40.5 Å². The number of nitrogens with zero attached hydrogens (tertiary/aromatic N) is 1. The first kappa shape index (κ1) is 17.6. The second-order valence-electron chi connectivity index (χ2n) is 7.29. The van der Waals surface area contributed by atoms with Crippen molar-refractivity contribution in [3.63, 3.8) is 0 Å². The fraction of sp³-hybridized carbons (Fsp3) is 0.238. The zero-order valence-corrected chi connectivity index (χ0v) is 15.4. The normalized spacial score (nSPS) is 24.7. The number of cyclic esters (lactones) is 1. The molecule has 0 unspecified atom stereocenters. The number of allylic oxidation sites excluding steroid dienone is 1. The molecule has 0 saturated carbocycles. The number of Topliss-reactive ketones (excluding diaryl/α,β-unsaturated/α-hetero) is 1. The summed E-state index contributed by atoms with van der Waals surface area (Å²) in [5, 5.41) is 13.5. The summed E-state index contributed by atoms with van der Waals surface area (Å²) >= 11 is 0. The highest BCUT2D eigenvalue weighted by atomic mass is 16.6. The van der Waals surface area contributed by atoms with Crippen molar-refractivity contribution in [3.05, 3.63) is 68.6 Å². The van der Waals surface area contributed by atoms with Crippen molar-refractivity contribution in [2.45, 2.75) is 32.1 Å². The highest BCUT2D eigenvalue weighted by Gasteiger charge is 2.46. The van der Waals surface area contributed by atoms with Crippen LogP contribution in [-0.2, 0) is 33.1 Å². The molecule has 0 bridgehead atoms. The largest absolute Gasteiger partial charge is 0.458 e. The molecule has 0 radical (unpaired) electrons. The van der Waals surface area contributed by atoms with Gasteiger partial charge in [0, 0.05) is 22.4 Å². The van der Waals surface area contributed by atoms with Crippen LogP contribution in [0.3, 0.4) is 0 Å². The Bertz CT molecular complexity index is 1240. The van der Waals surface area contributed by atoms with E-state index in [1.54, 1.807) is 31.2 Å². The van der Waals surface area contributed by atoms with Crippen molar-refractivity contribution in [1.82, 2.24) is 4.57 Å². The number of ether oxygens (including phenoxy) is 1. The Morgan fingerprint density at radius 2 is 1.97 bits per heavy atom. The Kier molecular flexibility index (Phi) is 3.48. The van der Waals surface area contributed by atoms with Crippen LogP contribution in [0.4, 0.5) is 5.69 Å². The molecule has 0 saturated heterocycles. The fourth-order valence-electron chi connectivity index (χ4n) is 4.24. The van der Waals surface area contributed by atoms with Crippen LogP contribution >= 0.6 is 0 Å². The molecule has 0 aliphatic carbocycles. The lowest BCUT2D eigenvalue weighted by Gasteiger charge is -2.31. The Morgan fingerprint density at radius 1 is 1.21 bits per heavy atom. The van der Waals surface area contributed by atoms with Crippen molar-refractivity contribution >= 4 is 28.9 Å². The number of hydrogen-bond donors (Lipinski definition) is 2. The van der Waals surface area contributed by atoms with E-state index in [-0.39, 0.29) is 47.5 Å². The first-order valence-corrected chi connectivity index (χ1v) is 9.22. The molecule has 2 N–H and O–H groups in total. The number of esters is 1. The smallest absolute Gasteiger partial charge is 0.343 e. The van der Waals surface area contributed by atoms with Gasteiger partial charge in [-0.1, -0.05) is 25.1 Å². The SMILES string of the molecule is CC[C@@]1(O)C(=O)OCc2c1cc1n(c2=O)C/C(=C2/C(=O)Nc3ccccc32)C1=O. The maximum Gasteiger partial charge on any atom is 0.343 e. The van der Waals surface area contributed by atoms with E-state index in [0.29, 0.717) is 11.3 Å². The summed E-state index contributed by atoms with van der Waals surface area (Å²) in [4.78, 5) is 50.9. The third-order valence-corrected chi connectivity index (χ3v) is 5.84. The fourth-order valence-corrected chi connectivity index (χ4v) is 4.24. The molecule has 1 aromatic heterocycles. The summed E-state index contributed by atoms with van der Waals surface area (Å²) in [6, 6.07) is 8.40.